The van der Waals surface area contributed by atoms with Crippen molar-refractivity contribution in [3.8, 4) is 0 Å². The number of hydrogen-bond donors (Lipinski definition) is 1. The van der Waals surface area contributed by atoms with Crippen LogP contribution in [-0.4, -0.2) is 77.2 Å². The fraction of sp³-hybridized carbons (Fsp3) is 0.583. The number of carbonyl (C=O) groups excluding carboxylic acids is 2. The molecule has 0 spiro atoms. The highest BCUT2D eigenvalue weighted by molar-refractivity contribution is 6.03. The topological polar surface area (TPSA) is 66.8 Å². The van der Waals surface area contributed by atoms with Crippen molar-refractivity contribution in [1.29, 1.82) is 0 Å². The van der Waals surface area contributed by atoms with Gasteiger partial charge in [-0.15, -0.1) is 0 Å². The number of benzene rings is 1. The molecule has 3 heterocycles. The van der Waals surface area contributed by atoms with E-state index in [2.05, 4.69) is 10.2 Å². The highest BCUT2D eigenvalue weighted by Crippen LogP contribution is 2.33. The molecule has 7 nitrogen and oxygen atoms in total. The first-order chi connectivity index (χ1) is 15.1. The van der Waals surface area contributed by atoms with Crippen LogP contribution in [0.1, 0.15) is 43.1 Å². The first kappa shape index (κ1) is 20.5. The van der Waals surface area contributed by atoms with Crippen molar-refractivity contribution in [1.82, 2.24) is 19.7 Å². The average molecular weight is 425 g/mol. The maximum Gasteiger partial charge on any atom is 0.271 e. The van der Waals surface area contributed by atoms with Crippen LogP contribution in [0.4, 0.5) is 0 Å². The third kappa shape index (κ3) is 3.74. The predicted octanol–water partition coefficient (Wildman–Crippen LogP) is 2.25. The lowest BCUT2D eigenvalue weighted by molar-refractivity contribution is -0.133. The van der Waals surface area contributed by atoms with Gasteiger partial charge in [0.15, 0.2) is 0 Å². The molecular weight excluding hydrogens is 392 g/mol. The molecule has 2 amide bonds. The van der Waals surface area contributed by atoms with E-state index in [1.165, 1.54) is 0 Å². The minimum absolute atomic E-state index is 0.0295. The Balaban J connectivity index is 1.46. The Morgan fingerprint density at radius 2 is 1.90 bits per heavy atom. The normalized spacial score (nSPS) is 25.2. The molecule has 7 heteroatoms. The van der Waals surface area contributed by atoms with Gasteiger partial charge >= 0.3 is 0 Å². The van der Waals surface area contributed by atoms with Gasteiger partial charge in [-0.05, 0) is 31.9 Å². The van der Waals surface area contributed by atoms with Gasteiger partial charge in [0.2, 0.25) is 5.91 Å². The molecule has 3 aliphatic rings. The van der Waals surface area contributed by atoms with Gasteiger partial charge < -0.3 is 19.5 Å². The van der Waals surface area contributed by atoms with Gasteiger partial charge in [0.25, 0.3) is 5.91 Å². The van der Waals surface area contributed by atoms with Crippen molar-refractivity contribution in [2.45, 2.75) is 50.7 Å². The van der Waals surface area contributed by atoms with Gasteiger partial charge in [-0.3, -0.25) is 14.5 Å². The van der Waals surface area contributed by atoms with Crippen molar-refractivity contribution in [2.75, 3.05) is 39.4 Å². The zero-order chi connectivity index (χ0) is 21.4. The molecule has 2 aliphatic heterocycles. The van der Waals surface area contributed by atoms with E-state index in [1.54, 1.807) is 0 Å². The van der Waals surface area contributed by atoms with E-state index in [0.717, 1.165) is 69.4 Å². The van der Waals surface area contributed by atoms with Crippen molar-refractivity contribution in [3.05, 3.63) is 36.0 Å². The Morgan fingerprint density at radius 3 is 2.68 bits per heavy atom. The van der Waals surface area contributed by atoms with Crippen LogP contribution in [0.15, 0.2) is 30.3 Å². The van der Waals surface area contributed by atoms with Gasteiger partial charge in [0.05, 0.1) is 19.8 Å². The molecule has 0 unspecified atom stereocenters. The second kappa shape index (κ2) is 8.28. The minimum Gasteiger partial charge on any atom is -0.379 e. The monoisotopic (exact) mass is 424 g/mol. The lowest BCUT2D eigenvalue weighted by Gasteiger charge is -2.45. The number of carbonyl (C=O) groups is 2. The van der Waals surface area contributed by atoms with Crippen LogP contribution in [0.2, 0.25) is 0 Å². The fourth-order valence-corrected chi connectivity index (χ4v) is 5.33. The summed E-state index contributed by atoms with van der Waals surface area (Å²) in [5.41, 5.74) is 0.772. The van der Waals surface area contributed by atoms with E-state index in [4.69, 9.17) is 4.74 Å². The van der Waals surface area contributed by atoms with Crippen LogP contribution < -0.4 is 5.32 Å². The largest absolute Gasteiger partial charge is 0.379 e. The third-order valence-electron chi connectivity index (χ3n) is 7.26. The number of fused-ring (bicyclic) bond motifs is 3. The number of aromatic nitrogens is 1. The Kier molecular flexibility index (Phi) is 5.48. The second-order valence-corrected chi connectivity index (χ2v) is 9.31. The third-order valence-corrected chi connectivity index (χ3v) is 7.26. The first-order valence-corrected chi connectivity index (χ1v) is 11.6. The molecular formula is C24H32N4O3. The maximum atomic E-state index is 13.7. The van der Waals surface area contributed by atoms with E-state index in [0.29, 0.717) is 18.8 Å². The standard InChI is InChI=1S/C24H32N4O3/c1-24(23(30)25-19-7-3-4-8-19)17-27-20-9-5-2-6-18(20)16-21(27)22(29)28(24)11-10-26-12-14-31-15-13-26/h2,5-6,9,16,19H,3-4,7-8,10-15,17H2,1H3,(H,25,30)/t24-/m1/s1. The van der Waals surface area contributed by atoms with Crippen molar-refractivity contribution in [3.63, 3.8) is 0 Å². The van der Waals surface area contributed by atoms with Crippen molar-refractivity contribution < 1.29 is 14.3 Å². The van der Waals surface area contributed by atoms with Crippen LogP contribution >= 0.6 is 0 Å². The number of amides is 2. The summed E-state index contributed by atoms with van der Waals surface area (Å²) < 4.78 is 7.50. The smallest absolute Gasteiger partial charge is 0.271 e. The summed E-state index contributed by atoms with van der Waals surface area (Å²) >= 11 is 0. The van der Waals surface area contributed by atoms with Gasteiger partial charge in [0, 0.05) is 43.1 Å². The Morgan fingerprint density at radius 1 is 1.16 bits per heavy atom. The molecule has 5 rings (SSSR count). The van der Waals surface area contributed by atoms with Crippen LogP contribution in [0.3, 0.4) is 0 Å². The lowest BCUT2D eigenvalue weighted by atomic mass is 9.94. The van der Waals surface area contributed by atoms with Crippen molar-refractivity contribution >= 4 is 22.7 Å². The highest BCUT2D eigenvalue weighted by atomic mass is 16.5. The van der Waals surface area contributed by atoms with Crippen LogP contribution in [0.5, 0.6) is 0 Å². The molecule has 1 aromatic carbocycles. The molecule has 31 heavy (non-hydrogen) atoms. The predicted molar refractivity (Wildman–Crippen MR) is 119 cm³/mol. The molecule has 0 bridgehead atoms. The zero-order valence-electron chi connectivity index (χ0n) is 18.3. The summed E-state index contributed by atoms with van der Waals surface area (Å²) in [6.45, 7) is 6.88. The van der Waals surface area contributed by atoms with Crippen LogP contribution in [-0.2, 0) is 16.1 Å². The molecule has 1 atom stereocenters. The number of para-hydroxylation sites is 1. The summed E-state index contributed by atoms with van der Waals surface area (Å²) in [6, 6.07) is 10.2. The second-order valence-electron chi connectivity index (χ2n) is 9.31. The van der Waals surface area contributed by atoms with E-state index in [1.807, 2.05) is 46.7 Å². The summed E-state index contributed by atoms with van der Waals surface area (Å²) in [7, 11) is 0. The summed E-state index contributed by atoms with van der Waals surface area (Å²) in [5, 5.41) is 4.31. The molecule has 166 valence electrons. The quantitative estimate of drug-likeness (QED) is 0.800. The average Bonchev–Trinajstić information content (AvgIpc) is 3.42. The molecule has 1 aliphatic carbocycles. The number of nitrogens with zero attached hydrogens (tertiary/aromatic N) is 3. The van der Waals surface area contributed by atoms with E-state index < -0.39 is 5.54 Å². The molecule has 2 fully saturated rings. The van der Waals surface area contributed by atoms with Gasteiger partial charge in [-0.2, -0.15) is 0 Å². The molecule has 2 aromatic rings. The van der Waals surface area contributed by atoms with Gasteiger partial charge in [-0.25, -0.2) is 0 Å². The Bertz CT molecular complexity index is 974. The van der Waals surface area contributed by atoms with E-state index in [-0.39, 0.29) is 17.9 Å². The fourth-order valence-electron chi connectivity index (χ4n) is 5.33. The lowest BCUT2D eigenvalue weighted by Crippen LogP contribution is -2.65. The Hall–Kier alpha value is -2.38. The highest BCUT2D eigenvalue weighted by Gasteiger charge is 2.48. The molecule has 1 aromatic heterocycles. The molecule has 0 radical (unpaired) electrons. The van der Waals surface area contributed by atoms with Crippen LogP contribution in [0, 0.1) is 0 Å². The number of hydrogen-bond acceptors (Lipinski definition) is 4. The molecule has 1 N–H and O–H groups in total. The Labute approximate surface area is 183 Å². The number of morpholine rings is 1. The summed E-state index contributed by atoms with van der Waals surface area (Å²) in [6.07, 6.45) is 4.38. The SMILES string of the molecule is C[C@]1(C(=O)NC2CCCC2)Cn2c(cc3ccccc32)C(=O)N1CCN1CCOCC1. The molecule has 1 saturated carbocycles. The number of ether oxygens (including phenoxy) is 1. The van der Waals surface area contributed by atoms with Gasteiger partial charge in [0.1, 0.15) is 11.2 Å². The van der Waals surface area contributed by atoms with Gasteiger partial charge in [-0.1, -0.05) is 31.0 Å². The molecule has 1 saturated heterocycles. The minimum atomic E-state index is -0.916. The summed E-state index contributed by atoms with van der Waals surface area (Å²) in [4.78, 5) is 31.4. The van der Waals surface area contributed by atoms with Crippen molar-refractivity contribution in [2.24, 2.45) is 0 Å². The number of nitrogens with one attached hydrogen (secondary N) is 1. The maximum absolute atomic E-state index is 13.7. The number of rotatable bonds is 5. The van der Waals surface area contributed by atoms with Crippen LogP contribution in [0.25, 0.3) is 10.9 Å². The summed E-state index contributed by atoms with van der Waals surface area (Å²) in [5.74, 6) is -0.0852. The van der Waals surface area contributed by atoms with E-state index in [9.17, 15) is 9.59 Å². The zero-order valence-corrected chi connectivity index (χ0v) is 18.3. The van der Waals surface area contributed by atoms with E-state index >= 15 is 0 Å². The first-order valence-electron chi connectivity index (χ1n) is 11.6.